The van der Waals surface area contributed by atoms with Gasteiger partial charge in [0.2, 0.25) is 0 Å². The van der Waals surface area contributed by atoms with E-state index < -0.39 is 5.54 Å². The van der Waals surface area contributed by atoms with Gasteiger partial charge in [0.05, 0.1) is 24.4 Å². The Hall–Kier alpha value is -0.910. The van der Waals surface area contributed by atoms with E-state index in [1.54, 1.807) is 0 Å². The molecule has 3 N–H and O–H groups in total. The fraction of sp³-hybridized carbons (Fsp3) is 0.750. The van der Waals surface area contributed by atoms with Crippen molar-refractivity contribution in [2.75, 3.05) is 13.2 Å². The molecule has 0 bridgehead atoms. The zero-order chi connectivity index (χ0) is 13.1. The van der Waals surface area contributed by atoms with Gasteiger partial charge in [-0.15, -0.1) is 0 Å². The maximum atomic E-state index is 9.36. The van der Waals surface area contributed by atoms with Crippen molar-refractivity contribution in [1.29, 1.82) is 0 Å². The Bertz CT molecular complexity index is 362. The quantitative estimate of drug-likeness (QED) is 0.668. The van der Waals surface area contributed by atoms with Crippen molar-refractivity contribution in [3.63, 3.8) is 0 Å². The van der Waals surface area contributed by atoms with Crippen LogP contribution in [0.25, 0.3) is 0 Å². The van der Waals surface area contributed by atoms with Gasteiger partial charge < -0.3 is 15.5 Å². The highest BCUT2D eigenvalue weighted by molar-refractivity contribution is 5.24. The van der Waals surface area contributed by atoms with Gasteiger partial charge >= 0.3 is 0 Å². The molecule has 0 aromatic carbocycles. The van der Waals surface area contributed by atoms with Gasteiger partial charge in [-0.1, -0.05) is 6.92 Å². The molecule has 1 heterocycles. The predicted octanol–water partition coefficient (Wildman–Crippen LogP) is 0.260. The molecule has 0 spiro atoms. The van der Waals surface area contributed by atoms with Gasteiger partial charge in [-0.05, 0) is 20.3 Å². The van der Waals surface area contributed by atoms with Crippen LogP contribution in [0.1, 0.15) is 30.3 Å². The lowest BCUT2D eigenvalue weighted by Crippen LogP contribution is -2.50. The Morgan fingerprint density at radius 2 is 1.88 bits per heavy atom. The first kappa shape index (κ1) is 14.2. The van der Waals surface area contributed by atoms with E-state index in [9.17, 15) is 10.2 Å². The van der Waals surface area contributed by atoms with Crippen LogP contribution in [0, 0.1) is 13.8 Å². The molecule has 1 aromatic heterocycles. The topological polar surface area (TPSA) is 70.3 Å². The second kappa shape index (κ2) is 5.62. The van der Waals surface area contributed by atoms with Gasteiger partial charge in [0, 0.05) is 24.8 Å². The second-order valence-corrected chi connectivity index (χ2v) is 4.58. The lowest BCUT2D eigenvalue weighted by atomic mass is 9.98. The summed E-state index contributed by atoms with van der Waals surface area (Å²) in [5.74, 6) is 0. The zero-order valence-electron chi connectivity index (χ0n) is 11.1. The summed E-state index contributed by atoms with van der Waals surface area (Å²) in [4.78, 5) is 0. The fourth-order valence-electron chi connectivity index (χ4n) is 1.86. The maximum absolute atomic E-state index is 9.36. The molecule has 5 heteroatoms. The molecule has 1 aromatic rings. The number of aliphatic hydroxyl groups is 2. The molecule has 0 saturated heterocycles. The Labute approximate surface area is 102 Å². The van der Waals surface area contributed by atoms with Gasteiger partial charge in [-0.3, -0.25) is 4.68 Å². The molecule has 5 nitrogen and oxygen atoms in total. The largest absolute Gasteiger partial charge is 0.394 e. The second-order valence-electron chi connectivity index (χ2n) is 4.58. The first-order chi connectivity index (χ1) is 7.99. The summed E-state index contributed by atoms with van der Waals surface area (Å²) in [5.41, 5.74) is 2.62. The highest BCUT2D eigenvalue weighted by Crippen LogP contribution is 2.15. The Morgan fingerprint density at radius 3 is 2.24 bits per heavy atom. The van der Waals surface area contributed by atoms with E-state index in [-0.39, 0.29) is 13.2 Å². The monoisotopic (exact) mass is 241 g/mol. The van der Waals surface area contributed by atoms with Crippen LogP contribution < -0.4 is 5.32 Å². The van der Waals surface area contributed by atoms with E-state index in [1.807, 2.05) is 32.5 Å². The van der Waals surface area contributed by atoms with Crippen molar-refractivity contribution < 1.29 is 10.2 Å². The molecule has 0 aliphatic rings. The molecular weight excluding hydrogens is 218 g/mol. The van der Waals surface area contributed by atoms with Crippen LogP contribution >= 0.6 is 0 Å². The molecule has 0 aliphatic heterocycles. The van der Waals surface area contributed by atoms with Crippen molar-refractivity contribution >= 4 is 0 Å². The van der Waals surface area contributed by atoms with E-state index in [1.165, 1.54) is 0 Å². The smallest absolute Gasteiger partial charge is 0.0648 e. The van der Waals surface area contributed by atoms with E-state index in [0.717, 1.165) is 17.0 Å². The third-order valence-corrected chi connectivity index (χ3v) is 3.58. The summed E-state index contributed by atoms with van der Waals surface area (Å²) >= 11 is 0. The van der Waals surface area contributed by atoms with Gasteiger partial charge in [0.25, 0.3) is 0 Å². The average Bonchev–Trinajstić information content (AvgIpc) is 2.57. The van der Waals surface area contributed by atoms with E-state index in [4.69, 9.17) is 0 Å². The minimum Gasteiger partial charge on any atom is -0.394 e. The number of hydrogen-bond acceptors (Lipinski definition) is 4. The minimum atomic E-state index is -0.602. The van der Waals surface area contributed by atoms with E-state index >= 15 is 0 Å². The number of aliphatic hydroxyl groups excluding tert-OH is 2. The van der Waals surface area contributed by atoms with Crippen LogP contribution in [-0.2, 0) is 13.6 Å². The highest BCUT2D eigenvalue weighted by atomic mass is 16.3. The SMILES string of the molecule is CCC(CO)(CO)NCc1c(C)nn(C)c1C. The normalized spacial score (nSPS) is 12.1. The van der Waals surface area contributed by atoms with Gasteiger partial charge in [-0.2, -0.15) is 5.10 Å². The molecule has 17 heavy (non-hydrogen) atoms. The van der Waals surface area contributed by atoms with E-state index in [2.05, 4.69) is 10.4 Å². The standard InChI is InChI=1S/C12H23N3O2/c1-5-12(7-16,8-17)13-6-11-9(2)14-15(4)10(11)3/h13,16-17H,5-8H2,1-4H3. The summed E-state index contributed by atoms with van der Waals surface area (Å²) in [6.45, 7) is 6.40. The molecule has 0 radical (unpaired) electrons. The first-order valence-corrected chi connectivity index (χ1v) is 5.95. The van der Waals surface area contributed by atoms with Gasteiger partial charge in [-0.25, -0.2) is 0 Å². The number of hydrogen-bond donors (Lipinski definition) is 3. The number of nitrogens with one attached hydrogen (secondary N) is 1. The van der Waals surface area contributed by atoms with Crippen LogP contribution in [0.5, 0.6) is 0 Å². The Kier molecular flexibility index (Phi) is 4.68. The number of rotatable bonds is 6. The maximum Gasteiger partial charge on any atom is 0.0648 e. The number of aryl methyl sites for hydroxylation is 2. The van der Waals surface area contributed by atoms with Crippen molar-refractivity contribution in [3.05, 3.63) is 17.0 Å². The minimum absolute atomic E-state index is 0.0711. The van der Waals surface area contributed by atoms with Crippen molar-refractivity contribution in [3.8, 4) is 0 Å². The number of aromatic nitrogens is 2. The van der Waals surface area contributed by atoms with Gasteiger partial charge in [0.1, 0.15) is 0 Å². The van der Waals surface area contributed by atoms with Crippen LogP contribution in [-0.4, -0.2) is 38.7 Å². The average molecular weight is 241 g/mol. The van der Waals surface area contributed by atoms with Crippen LogP contribution in [0.15, 0.2) is 0 Å². The van der Waals surface area contributed by atoms with Crippen molar-refractivity contribution in [1.82, 2.24) is 15.1 Å². The fourth-order valence-corrected chi connectivity index (χ4v) is 1.86. The third-order valence-electron chi connectivity index (χ3n) is 3.58. The molecule has 1 rings (SSSR count). The van der Waals surface area contributed by atoms with Crippen molar-refractivity contribution in [2.24, 2.45) is 7.05 Å². The number of nitrogens with zero attached hydrogens (tertiary/aromatic N) is 2. The Balaban J connectivity index is 2.79. The molecular formula is C12H23N3O2. The van der Waals surface area contributed by atoms with Crippen LogP contribution in [0.2, 0.25) is 0 Å². The Morgan fingerprint density at radius 1 is 1.29 bits per heavy atom. The lowest BCUT2D eigenvalue weighted by Gasteiger charge is -2.30. The predicted molar refractivity (Wildman–Crippen MR) is 66.7 cm³/mol. The summed E-state index contributed by atoms with van der Waals surface area (Å²) in [7, 11) is 1.91. The highest BCUT2D eigenvalue weighted by Gasteiger charge is 2.26. The van der Waals surface area contributed by atoms with Crippen molar-refractivity contribution in [2.45, 2.75) is 39.3 Å². The van der Waals surface area contributed by atoms with E-state index in [0.29, 0.717) is 13.0 Å². The molecule has 0 saturated carbocycles. The summed E-state index contributed by atoms with van der Waals surface area (Å²) < 4.78 is 1.85. The lowest BCUT2D eigenvalue weighted by molar-refractivity contribution is 0.0863. The summed E-state index contributed by atoms with van der Waals surface area (Å²) in [6, 6.07) is 0. The summed E-state index contributed by atoms with van der Waals surface area (Å²) in [5, 5.41) is 26.3. The molecule has 0 amide bonds. The first-order valence-electron chi connectivity index (χ1n) is 5.95. The van der Waals surface area contributed by atoms with Crippen LogP contribution in [0.4, 0.5) is 0 Å². The molecule has 0 atom stereocenters. The van der Waals surface area contributed by atoms with Crippen LogP contribution in [0.3, 0.4) is 0 Å². The molecule has 0 fully saturated rings. The molecule has 0 aliphatic carbocycles. The zero-order valence-corrected chi connectivity index (χ0v) is 11.1. The van der Waals surface area contributed by atoms with Gasteiger partial charge in [0.15, 0.2) is 0 Å². The molecule has 98 valence electrons. The summed E-state index contributed by atoms with van der Waals surface area (Å²) in [6.07, 6.45) is 0.679. The molecule has 0 unspecified atom stereocenters. The third kappa shape index (κ3) is 2.86.